The van der Waals surface area contributed by atoms with Crippen molar-refractivity contribution < 1.29 is 62.8 Å². The van der Waals surface area contributed by atoms with Crippen molar-refractivity contribution in [1.29, 1.82) is 0 Å². The largest absolute Gasteiger partial charge is 0.501 e. The van der Waals surface area contributed by atoms with Gasteiger partial charge in [0, 0.05) is 31.7 Å². The summed E-state index contributed by atoms with van der Waals surface area (Å²) in [5, 5.41) is 76.5. The molecule has 0 aromatic rings. The van der Waals surface area contributed by atoms with E-state index >= 15 is 0 Å². The summed E-state index contributed by atoms with van der Waals surface area (Å²) >= 11 is 0. The van der Waals surface area contributed by atoms with Gasteiger partial charge >= 0.3 is 8.80 Å². The highest BCUT2D eigenvalue weighted by molar-refractivity contribution is 6.60. The molecule has 0 saturated heterocycles. The van der Waals surface area contributed by atoms with Crippen LogP contribution in [-0.2, 0) is 27.7 Å². The van der Waals surface area contributed by atoms with Gasteiger partial charge in [0.05, 0.1) is 86.1 Å². The predicted molar refractivity (Wildman–Crippen MR) is 444 cm³/mol. The van der Waals surface area contributed by atoms with Gasteiger partial charge in [0.15, 0.2) is 0 Å². The van der Waals surface area contributed by atoms with Crippen molar-refractivity contribution in [2.45, 2.75) is 462 Å². The van der Waals surface area contributed by atoms with Crippen LogP contribution in [-0.4, -0.2) is 164 Å². The Morgan fingerprint density at radius 3 is 0.600 bits per heavy atom. The lowest BCUT2D eigenvalue weighted by atomic mass is 10.0. The SMILES string of the molecule is CCCCCCCCCCCCCCCC(=O)NC(CO)(CO)CO[Si](CCC[N+](C)(CCCCCCCCCCCCCC)CCCCCCCCCCCCCC)(OCC(CO)(CO)NC(=O)CCCCCCCCCCCCC)OCC(CO)(CO)NC(=O)CCCCCCCCCCCCC. The van der Waals surface area contributed by atoms with E-state index in [1.807, 2.05) is 0 Å². The first-order valence-electron chi connectivity index (χ1n) is 45.5. The summed E-state index contributed by atoms with van der Waals surface area (Å²) in [6.07, 6.45) is 71.4. The second kappa shape index (κ2) is 73.7. The Kier molecular flexibility index (Phi) is 72.4. The Morgan fingerprint density at radius 2 is 0.419 bits per heavy atom. The number of quaternary nitrogens is 1. The first kappa shape index (κ1) is 103. The average Bonchev–Trinajstić information content (AvgIpc) is 0.814. The van der Waals surface area contributed by atoms with Crippen LogP contribution >= 0.6 is 0 Å². The first-order valence-corrected chi connectivity index (χ1v) is 47.4. The number of aliphatic hydroxyl groups is 6. The Morgan fingerprint density at radius 1 is 0.257 bits per heavy atom. The third-order valence-electron chi connectivity index (χ3n) is 22.5. The van der Waals surface area contributed by atoms with E-state index in [2.05, 4.69) is 57.6 Å². The number of nitrogens with one attached hydrogen (secondary N) is 3. The van der Waals surface area contributed by atoms with Crippen LogP contribution < -0.4 is 16.0 Å². The number of amides is 3. The highest BCUT2D eigenvalue weighted by Gasteiger charge is 2.49. The smallest absolute Gasteiger partial charge is 0.394 e. The summed E-state index contributed by atoms with van der Waals surface area (Å²) in [6, 6.07) is 0.136. The van der Waals surface area contributed by atoms with Crippen molar-refractivity contribution in [3.8, 4) is 0 Å². The predicted octanol–water partition coefficient (Wildman–Crippen LogP) is 20.6. The molecular formula is C88H179N4O12Si+. The summed E-state index contributed by atoms with van der Waals surface area (Å²) in [6.45, 7) is 8.39. The van der Waals surface area contributed by atoms with Gasteiger partial charge in [0.2, 0.25) is 17.7 Å². The standard InChI is InChI=1S/C88H178N4O12Si/c1-7-12-17-22-27-32-37-40-43-48-53-58-63-69-85(101)91-88(78-97,79-98)82-104-105(102-80-86(74-93,75-94)89-83(99)67-61-56-51-46-41-35-30-25-20-15-10-4,103-81-87(76-95,77-96)90-84(100)68-62-57-52-47-42-36-31-26-21-16-11-5)73-66-72-92(6,70-64-59-54-49-44-38-33-28-23-18-13-8-2)71-65-60-55-50-45-39-34-29-24-19-14-9-3/h93-98H,7-82H2,1-6H3,(H2-,89,90,91,99,100,101)/p+1. The van der Waals surface area contributed by atoms with Crippen molar-refractivity contribution in [1.82, 2.24) is 16.0 Å². The van der Waals surface area contributed by atoms with Crippen LogP contribution in [0.15, 0.2) is 0 Å². The van der Waals surface area contributed by atoms with Crippen molar-refractivity contribution in [3.63, 3.8) is 0 Å². The van der Waals surface area contributed by atoms with Crippen LogP contribution in [0, 0.1) is 0 Å². The van der Waals surface area contributed by atoms with Crippen molar-refractivity contribution in [2.75, 3.05) is 86.1 Å². The molecule has 16 nitrogen and oxygen atoms in total. The molecule has 0 heterocycles. The van der Waals surface area contributed by atoms with E-state index in [1.165, 1.54) is 276 Å². The first-order chi connectivity index (χ1) is 51.2. The molecule has 0 atom stereocenters. The number of aliphatic hydroxyl groups excluding tert-OH is 6. The van der Waals surface area contributed by atoms with Gasteiger partial charge < -0.3 is 64.4 Å². The molecule has 9 N–H and O–H groups in total. The van der Waals surface area contributed by atoms with Crippen LogP contribution in [0.3, 0.4) is 0 Å². The molecule has 0 bridgehead atoms. The number of hydrogen-bond acceptors (Lipinski definition) is 12. The van der Waals surface area contributed by atoms with E-state index in [1.54, 1.807) is 0 Å². The van der Waals surface area contributed by atoms with E-state index < -0.39 is 84.9 Å². The molecule has 3 amide bonds. The minimum Gasteiger partial charge on any atom is -0.394 e. The minimum absolute atomic E-state index is 0.136. The molecular weight excluding hydrogens is 1330 g/mol. The summed E-state index contributed by atoms with van der Waals surface area (Å²) < 4.78 is 21.9. The number of carbonyl (C=O) groups excluding carboxylic acids is 3. The van der Waals surface area contributed by atoms with Crippen LogP contribution in [0.25, 0.3) is 0 Å². The molecule has 0 unspecified atom stereocenters. The zero-order chi connectivity index (χ0) is 77.2. The Hall–Kier alpha value is -1.77. The summed E-state index contributed by atoms with van der Waals surface area (Å²) in [5.41, 5.74) is -5.10. The van der Waals surface area contributed by atoms with E-state index in [-0.39, 0.29) is 43.0 Å². The van der Waals surface area contributed by atoms with E-state index in [4.69, 9.17) is 13.3 Å². The fraction of sp³-hybridized carbons (Fsp3) is 0.966. The molecule has 105 heavy (non-hydrogen) atoms. The average molecular weight is 1510 g/mol. The highest BCUT2D eigenvalue weighted by Crippen LogP contribution is 2.28. The Bertz CT molecular complexity index is 1790. The van der Waals surface area contributed by atoms with E-state index in [9.17, 15) is 45.0 Å². The fourth-order valence-electron chi connectivity index (χ4n) is 14.8. The molecule has 0 aromatic heterocycles. The summed E-state index contributed by atoms with van der Waals surface area (Å²) in [5.74, 6) is -1.04. The number of unbranched alkanes of at least 4 members (excludes halogenated alkanes) is 54. The van der Waals surface area contributed by atoms with Crippen molar-refractivity contribution in [2.24, 2.45) is 0 Å². The third kappa shape index (κ3) is 59.6. The molecule has 0 aliphatic rings. The summed E-state index contributed by atoms with van der Waals surface area (Å²) in [4.78, 5) is 41.9. The number of rotatable bonds is 86. The van der Waals surface area contributed by atoms with Crippen LogP contribution in [0.1, 0.15) is 439 Å². The van der Waals surface area contributed by atoms with E-state index in [0.717, 1.165) is 101 Å². The van der Waals surface area contributed by atoms with Gasteiger partial charge in [-0.05, 0) is 44.9 Å². The third-order valence-corrected chi connectivity index (χ3v) is 25.3. The zero-order valence-corrected chi connectivity index (χ0v) is 71.3. The van der Waals surface area contributed by atoms with Gasteiger partial charge in [0.1, 0.15) is 16.6 Å². The maximum absolute atomic E-state index is 14.0. The second-order valence-corrected chi connectivity index (χ2v) is 36.0. The molecule has 0 aliphatic carbocycles. The Balaban J connectivity index is 7.28. The van der Waals surface area contributed by atoms with Gasteiger partial charge in [-0.1, -0.05) is 369 Å². The molecule has 0 aliphatic heterocycles. The summed E-state index contributed by atoms with van der Waals surface area (Å²) in [7, 11) is -2.07. The monoisotopic (exact) mass is 1510 g/mol. The van der Waals surface area contributed by atoms with Gasteiger partial charge in [-0.2, -0.15) is 0 Å². The number of nitrogens with zero attached hydrogens (tertiary/aromatic N) is 1. The molecule has 0 rings (SSSR count). The number of hydrogen-bond donors (Lipinski definition) is 9. The molecule has 0 radical (unpaired) electrons. The maximum atomic E-state index is 14.0. The Labute approximate surface area is 649 Å². The molecule has 0 spiro atoms. The second-order valence-electron chi connectivity index (χ2n) is 33.2. The van der Waals surface area contributed by atoms with E-state index in [0.29, 0.717) is 32.2 Å². The lowest BCUT2D eigenvalue weighted by Crippen LogP contribution is -2.65. The van der Waals surface area contributed by atoms with Crippen LogP contribution in [0.5, 0.6) is 0 Å². The van der Waals surface area contributed by atoms with Gasteiger partial charge in [0.25, 0.3) is 0 Å². The lowest BCUT2D eigenvalue weighted by Gasteiger charge is -2.41. The molecule has 0 fully saturated rings. The fourth-order valence-corrected chi connectivity index (χ4v) is 17.6. The maximum Gasteiger partial charge on any atom is 0.501 e. The molecule has 626 valence electrons. The topological polar surface area (TPSA) is 236 Å². The highest BCUT2D eigenvalue weighted by atomic mass is 28.4. The lowest BCUT2D eigenvalue weighted by molar-refractivity contribution is -0.910. The molecule has 0 saturated carbocycles. The van der Waals surface area contributed by atoms with Crippen LogP contribution in [0.4, 0.5) is 0 Å². The van der Waals surface area contributed by atoms with Gasteiger partial charge in [-0.3, -0.25) is 14.4 Å². The van der Waals surface area contributed by atoms with Crippen LogP contribution in [0.2, 0.25) is 6.04 Å². The molecule has 0 aromatic carbocycles. The van der Waals surface area contributed by atoms with Gasteiger partial charge in [-0.25, -0.2) is 0 Å². The van der Waals surface area contributed by atoms with Gasteiger partial charge in [-0.15, -0.1) is 0 Å². The van der Waals surface area contributed by atoms with Crippen molar-refractivity contribution >= 4 is 26.5 Å². The quantitative estimate of drug-likeness (QED) is 0.0157. The number of carbonyl (C=O) groups is 3. The zero-order valence-electron chi connectivity index (χ0n) is 70.3. The minimum atomic E-state index is -4.42. The molecule has 17 heteroatoms. The normalized spacial score (nSPS) is 12.5. The van der Waals surface area contributed by atoms with Crippen molar-refractivity contribution in [3.05, 3.63) is 0 Å².